The summed E-state index contributed by atoms with van der Waals surface area (Å²) in [5, 5.41) is 0. The summed E-state index contributed by atoms with van der Waals surface area (Å²) in [6, 6.07) is 14.5. The van der Waals surface area contributed by atoms with E-state index in [1.54, 1.807) is 36.2 Å². The molecule has 0 aliphatic carbocycles. The third kappa shape index (κ3) is 1.81. The molecule has 5 heterocycles. The van der Waals surface area contributed by atoms with Crippen molar-refractivity contribution in [3.63, 3.8) is 0 Å². The molecule has 3 fully saturated rings. The summed E-state index contributed by atoms with van der Waals surface area (Å²) in [4.78, 5) is 73.6. The minimum absolute atomic E-state index is 0.0789. The normalized spacial score (nSPS) is 34.6. The van der Waals surface area contributed by atoms with E-state index >= 15 is 0 Å². The average molecular weight is 470 g/mol. The van der Waals surface area contributed by atoms with Crippen LogP contribution in [0.3, 0.4) is 0 Å². The average Bonchev–Trinajstić information content (AvgIpc) is 3.49. The van der Waals surface area contributed by atoms with Crippen molar-refractivity contribution >= 4 is 35.2 Å². The van der Waals surface area contributed by atoms with Gasteiger partial charge in [0.15, 0.2) is 5.66 Å². The van der Waals surface area contributed by atoms with Crippen molar-refractivity contribution in [3.05, 3.63) is 65.2 Å². The minimum atomic E-state index is -1.30. The molecule has 0 radical (unpaired) electrons. The van der Waals surface area contributed by atoms with Gasteiger partial charge in [0.2, 0.25) is 23.6 Å². The molecule has 2 aromatic rings. The summed E-state index contributed by atoms with van der Waals surface area (Å²) in [6.45, 7) is 0. The lowest BCUT2D eigenvalue weighted by atomic mass is 9.62. The molecule has 0 N–H and O–H groups in total. The molecule has 5 aliphatic rings. The molecule has 7 rings (SSSR count). The van der Waals surface area contributed by atoms with Crippen LogP contribution in [0.25, 0.3) is 0 Å². The molecule has 9 nitrogen and oxygen atoms in total. The predicted molar refractivity (Wildman–Crippen MR) is 121 cm³/mol. The monoisotopic (exact) mass is 470 g/mol. The Labute approximate surface area is 200 Å². The maximum absolute atomic E-state index is 13.8. The van der Waals surface area contributed by atoms with E-state index < -0.39 is 34.9 Å². The molecule has 2 aromatic carbocycles. The Morgan fingerprint density at radius 2 is 1.37 bits per heavy atom. The molecule has 5 atom stereocenters. The summed E-state index contributed by atoms with van der Waals surface area (Å²) in [5.41, 5.74) is -0.162. The van der Waals surface area contributed by atoms with Gasteiger partial charge in [0.05, 0.1) is 34.5 Å². The van der Waals surface area contributed by atoms with Crippen molar-refractivity contribution in [2.75, 3.05) is 26.0 Å². The second-order valence-electron chi connectivity index (χ2n) is 10.1. The van der Waals surface area contributed by atoms with Crippen molar-refractivity contribution in [1.82, 2.24) is 14.7 Å². The van der Waals surface area contributed by atoms with E-state index in [-0.39, 0.29) is 30.0 Å². The molecule has 2 bridgehead atoms. The van der Waals surface area contributed by atoms with Crippen LogP contribution >= 0.6 is 0 Å². The fourth-order valence-corrected chi connectivity index (χ4v) is 7.71. The highest BCUT2D eigenvalue weighted by molar-refractivity contribution is 6.14. The van der Waals surface area contributed by atoms with Crippen molar-refractivity contribution in [2.45, 2.75) is 17.6 Å². The first-order chi connectivity index (χ1) is 16.7. The largest absolute Gasteiger partial charge is 0.332 e. The van der Waals surface area contributed by atoms with Gasteiger partial charge >= 0.3 is 0 Å². The van der Waals surface area contributed by atoms with E-state index in [1.807, 2.05) is 29.2 Å². The number of imide groups is 2. The zero-order valence-corrected chi connectivity index (χ0v) is 19.4. The second-order valence-corrected chi connectivity index (χ2v) is 10.1. The number of para-hydroxylation sites is 1. The summed E-state index contributed by atoms with van der Waals surface area (Å²) < 4.78 is 0. The van der Waals surface area contributed by atoms with Gasteiger partial charge in [-0.05, 0) is 17.7 Å². The van der Waals surface area contributed by atoms with Crippen LogP contribution in [-0.4, -0.2) is 65.4 Å². The van der Waals surface area contributed by atoms with Crippen molar-refractivity contribution < 1.29 is 24.0 Å². The Hall–Kier alpha value is -4.01. The van der Waals surface area contributed by atoms with Gasteiger partial charge in [-0.15, -0.1) is 0 Å². The van der Waals surface area contributed by atoms with Crippen molar-refractivity contribution in [1.29, 1.82) is 0 Å². The van der Waals surface area contributed by atoms with E-state index in [2.05, 4.69) is 0 Å². The van der Waals surface area contributed by atoms with E-state index in [4.69, 9.17) is 0 Å². The Kier molecular flexibility index (Phi) is 3.47. The van der Waals surface area contributed by atoms with Crippen LogP contribution in [0, 0.1) is 17.8 Å². The van der Waals surface area contributed by atoms with Crippen LogP contribution in [-0.2, 0) is 30.4 Å². The first kappa shape index (κ1) is 20.4. The summed E-state index contributed by atoms with van der Waals surface area (Å²) in [6.07, 6.45) is -0.0789. The fourth-order valence-electron chi connectivity index (χ4n) is 7.71. The van der Waals surface area contributed by atoms with Gasteiger partial charge in [-0.1, -0.05) is 36.4 Å². The first-order valence-corrected chi connectivity index (χ1v) is 11.6. The van der Waals surface area contributed by atoms with Crippen LogP contribution in [0.2, 0.25) is 0 Å². The molecular formula is C26H22N4O5. The molecule has 3 saturated heterocycles. The molecule has 0 saturated carbocycles. The zero-order valence-electron chi connectivity index (χ0n) is 19.4. The first-order valence-electron chi connectivity index (χ1n) is 11.6. The van der Waals surface area contributed by atoms with Gasteiger partial charge in [0, 0.05) is 33.1 Å². The Morgan fingerprint density at radius 1 is 0.743 bits per heavy atom. The van der Waals surface area contributed by atoms with Gasteiger partial charge in [0.25, 0.3) is 5.91 Å². The summed E-state index contributed by atoms with van der Waals surface area (Å²) in [7, 11) is 4.56. The highest BCUT2D eigenvalue weighted by Crippen LogP contribution is 2.74. The molecule has 5 aliphatic heterocycles. The molecule has 9 heteroatoms. The van der Waals surface area contributed by atoms with Gasteiger partial charge in [-0.25, -0.2) is 0 Å². The SMILES string of the molecule is CN1C(=O)C2C(C1=O)C13c4ccccc4C2([C@H]2CC(=O)N(C)C2=O)N1c1ccccc1C(=O)N3C. The molecule has 0 aromatic heterocycles. The summed E-state index contributed by atoms with van der Waals surface area (Å²) in [5.74, 6) is -4.47. The third-order valence-corrected chi connectivity index (χ3v) is 9.00. The molecular weight excluding hydrogens is 448 g/mol. The van der Waals surface area contributed by atoms with E-state index in [9.17, 15) is 24.0 Å². The van der Waals surface area contributed by atoms with E-state index in [0.717, 1.165) is 20.9 Å². The van der Waals surface area contributed by atoms with Gasteiger partial charge < -0.3 is 9.80 Å². The number of amides is 5. The van der Waals surface area contributed by atoms with E-state index in [0.29, 0.717) is 11.3 Å². The standard InChI is InChI=1S/C26H22N4O5/c1-27-18(31)12-16(22(27)33)25-14-9-5-6-10-15(14)26(20-19(25)23(34)28(2)24(20)35)29(3)21(32)13-8-4-7-11-17(13)30(25)26/h4-11,16,19-20H,12H2,1-3H3/t16-,19?,20?,25?,26?/m0/s1. The number of rotatable bonds is 1. The van der Waals surface area contributed by atoms with Crippen molar-refractivity contribution in [3.8, 4) is 0 Å². The third-order valence-electron chi connectivity index (χ3n) is 9.00. The topological polar surface area (TPSA) is 98.3 Å². The number of likely N-dealkylation sites (tertiary alicyclic amines) is 2. The van der Waals surface area contributed by atoms with Gasteiger partial charge in [-0.3, -0.25) is 33.8 Å². The van der Waals surface area contributed by atoms with Gasteiger partial charge in [-0.2, -0.15) is 0 Å². The number of hydrogen-bond acceptors (Lipinski definition) is 6. The number of nitrogens with zero attached hydrogens (tertiary/aromatic N) is 4. The highest BCUT2D eigenvalue weighted by Gasteiger charge is 2.85. The number of carbonyl (C=O) groups excluding carboxylic acids is 5. The number of benzene rings is 2. The lowest BCUT2D eigenvalue weighted by Crippen LogP contribution is -2.64. The number of fused-ring (bicyclic) bond motifs is 5. The van der Waals surface area contributed by atoms with Gasteiger partial charge in [0.1, 0.15) is 0 Å². The zero-order chi connectivity index (χ0) is 24.6. The number of hydrogen-bond donors (Lipinski definition) is 0. The second kappa shape index (κ2) is 5.97. The lowest BCUT2D eigenvalue weighted by Gasteiger charge is -2.52. The van der Waals surface area contributed by atoms with Crippen molar-refractivity contribution in [2.24, 2.45) is 17.8 Å². The number of carbonyl (C=O) groups is 5. The molecule has 176 valence electrons. The highest BCUT2D eigenvalue weighted by atomic mass is 16.2. The fraction of sp³-hybridized carbons (Fsp3) is 0.346. The molecule has 4 unspecified atom stereocenters. The Morgan fingerprint density at radius 3 is 2.06 bits per heavy atom. The summed E-state index contributed by atoms with van der Waals surface area (Å²) >= 11 is 0. The predicted octanol–water partition coefficient (Wildman–Crippen LogP) is 0.890. The lowest BCUT2D eigenvalue weighted by molar-refractivity contribution is -0.140. The minimum Gasteiger partial charge on any atom is -0.332 e. The smallest absolute Gasteiger partial charge is 0.257 e. The van der Waals surface area contributed by atoms with Crippen LogP contribution in [0.5, 0.6) is 0 Å². The quantitative estimate of drug-likeness (QED) is 0.575. The van der Waals surface area contributed by atoms with Crippen LogP contribution in [0.1, 0.15) is 27.9 Å². The van der Waals surface area contributed by atoms with Crippen LogP contribution in [0.15, 0.2) is 48.5 Å². The Balaban J connectivity index is 1.68. The maximum atomic E-state index is 13.8. The van der Waals surface area contributed by atoms with E-state index in [1.165, 1.54) is 14.1 Å². The van der Waals surface area contributed by atoms with Crippen LogP contribution < -0.4 is 4.90 Å². The number of anilines is 1. The molecule has 0 spiro atoms. The molecule has 35 heavy (non-hydrogen) atoms. The maximum Gasteiger partial charge on any atom is 0.257 e. The van der Waals surface area contributed by atoms with Crippen LogP contribution in [0.4, 0.5) is 5.69 Å². The molecule has 5 amide bonds. The Bertz CT molecular complexity index is 1440.